The van der Waals surface area contributed by atoms with Crippen LogP contribution < -0.4 is 15.7 Å². The van der Waals surface area contributed by atoms with E-state index in [-0.39, 0.29) is 31.1 Å². The normalized spacial score (nSPS) is 10.7. The molecule has 10 nitrogen and oxygen atoms in total. The van der Waals surface area contributed by atoms with E-state index in [0.29, 0.717) is 23.7 Å². The van der Waals surface area contributed by atoms with Crippen molar-refractivity contribution < 1.29 is 14.1 Å². The van der Waals surface area contributed by atoms with Crippen molar-refractivity contribution in [1.82, 2.24) is 30.3 Å². The van der Waals surface area contributed by atoms with Gasteiger partial charge in [-0.15, -0.1) is 0 Å². The van der Waals surface area contributed by atoms with Gasteiger partial charge in [-0.2, -0.15) is 9.36 Å². The molecule has 0 aliphatic carbocycles. The largest absolute Gasteiger partial charge is 0.479 e. The molecule has 0 unspecified atom stereocenters. The second-order valence-electron chi connectivity index (χ2n) is 5.42. The van der Waals surface area contributed by atoms with Crippen LogP contribution in [-0.2, 0) is 17.8 Å². The Balaban J connectivity index is 1.47. The summed E-state index contributed by atoms with van der Waals surface area (Å²) in [6.45, 7) is 0.499. The van der Waals surface area contributed by atoms with E-state index in [9.17, 15) is 9.59 Å². The fourth-order valence-electron chi connectivity index (χ4n) is 2.28. The van der Waals surface area contributed by atoms with Crippen LogP contribution in [0.1, 0.15) is 12.2 Å². The highest BCUT2D eigenvalue weighted by Gasteiger charge is 2.10. The Labute approximate surface area is 148 Å². The number of amides is 1. The number of methoxy groups -OCH3 is 1. The first-order valence-electron chi connectivity index (χ1n) is 8.02. The van der Waals surface area contributed by atoms with Gasteiger partial charge in [0.1, 0.15) is 5.76 Å². The van der Waals surface area contributed by atoms with Crippen LogP contribution in [0, 0.1) is 0 Å². The molecule has 0 aliphatic heterocycles. The Hall–Kier alpha value is -3.43. The molecule has 0 saturated carbocycles. The van der Waals surface area contributed by atoms with Gasteiger partial charge >= 0.3 is 5.69 Å². The highest BCUT2D eigenvalue weighted by molar-refractivity contribution is 5.76. The van der Waals surface area contributed by atoms with Crippen LogP contribution in [0.4, 0.5) is 0 Å². The SMILES string of the molecule is COc1cc(CCC(=O)NCCn2nnn(-c3ccccc3)c2=O)on1. The molecule has 2 heterocycles. The number of aromatic nitrogens is 5. The summed E-state index contributed by atoms with van der Waals surface area (Å²) in [5.41, 5.74) is 0.273. The lowest BCUT2D eigenvalue weighted by molar-refractivity contribution is -0.121. The zero-order valence-electron chi connectivity index (χ0n) is 14.2. The molecule has 0 bridgehead atoms. The molecule has 1 aromatic carbocycles. The molecule has 0 atom stereocenters. The van der Waals surface area contributed by atoms with Crippen molar-refractivity contribution in [2.45, 2.75) is 19.4 Å². The van der Waals surface area contributed by atoms with Crippen LogP contribution in [0.3, 0.4) is 0 Å². The summed E-state index contributed by atoms with van der Waals surface area (Å²) >= 11 is 0. The fraction of sp³-hybridized carbons (Fsp3) is 0.312. The third-order valence-corrected chi connectivity index (χ3v) is 3.63. The van der Waals surface area contributed by atoms with E-state index in [1.807, 2.05) is 18.2 Å². The van der Waals surface area contributed by atoms with E-state index in [2.05, 4.69) is 20.9 Å². The van der Waals surface area contributed by atoms with Gasteiger partial charge in [-0.25, -0.2) is 4.79 Å². The summed E-state index contributed by atoms with van der Waals surface area (Å²) in [6, 6.07) is 10.6. The van der Waals surface area contributed by atoms with Crippen molar-refractivity contribution in [3.05, 3.63) is 52.6 Å². The first kappa shape index (κ1) is 17.4. The Morgan fingerprint density at radius 1 is 1.27 bits per heavy atom. The number of benzene rings is 1. The lowest BCUT2D eigenvalue weighted by Crippen LogP contribution is -2.32. The van der Waals surface area contributed by atoms with Crippen LogP contribution in [0.2, 0.25) is 0 Å². The molecule has 0 spiro atoms. The smallest absolute Gasteiger partial charge is 0.368 e. The summed E-state index contributed by atoms with van der Waals surface area (Å²) in [5, 5.41) is 14.1. The Bertz CT molecular complexity index is 914. The number of para-hydroxylation sites is 1. The number of hydrogen-bond donors (Lipinski definition) is 1. The number of carbonyl (C=O) groups excluding carboxylic acids is 1. The monoisotopic (exact) mass is 358 g/mol. The summed E-state index contributed by atoms with van der Waals surface area (Å²) in [6.07, 6.45) is 0.649. The van der Waals surface area contributed by atoms with Gasteiger partial charge in [-0.3, -0.25) is 4.79 Å². The predicted octanol–water partition coefficient (Wildman–Crippen LogP) is 0.175. The zero-order valence-corrected chi connectivity index (χ0v) is 14.2. The second-order valence-corrected chi connectivity index (χ2v) is 5.42. The number of tetrazole rings is 1. The minimum Gasteiger partial charge on any atom is -0.479 e. The number of hydrogen-bond acceptors (Lipinski definition) is 7. The predicted molar refractivity (Wildman–Crippen MR) is 90.0 cm³/mol. The molecule has 2 aromatic heterocycles. The number of ether oxygens (including phenoxy) is 1. The van der Waals surface area contributed by atoms with E-state index >= 15 is 0 Å². The lowest BCUT2D eigenvalue weighted by Gasteiger charge is -2.03. The highest BCUT2D eigenvalue weighted by Crippen LogP contribution is 2.11. The average Bonchev–Trinajstić information content (AvgIpc) is 3.28. The molecule has 26 heavy (non-hydrogen) atoms. The highest BCUT2D eigenvalue weighted by atomic mass is 16.5. The Morgan fingerprint density at radius 2 is 2.08 bits per heavy atom. The number of carbonyl (C=O) groups is 1. The van der Waals surface area contributed by atoms with Gasteiger partial charge in [0.15, 0.2) is 0 Å². The molecular formula is C16H18N6O4. The molecule has 0 saturated heterocycles. The van der Waals surface area contributed by atoms with Crippen LogP contribution in [0.5, 0.6) is 5.88 Å². The number of rotatable bonds is 8. The third-order valence-electron chi connectivity index (χ3n) is 3.63. The molecule has 1 N–H and O–H groups in total. The van der Waals surface area contributed by atoms with Crippen molar-refractivity contribution in [2.24, 2.45) is 0 Å². The molecule has 3 rings (SSSR count). The molecule has 136 valence electrons. The van der Waals surface area contributed by atoms with Gasteiger partial charge in [0, 0.05) is 25.5 Å². The minimum absolute atomic E-state index is 0.163. The van der Waals surface area contributed by atoms with E-state index in [0.717, 1.165) is 0 Å². The standard InChI is InChI=1S/C16H18N6O4/c1-25-15-11-13(26-18-15)7-8-14(23)17-9-10-21-16(24)22(20-19-21)12-5-3-2-4-6-12/h2-6,11H,7-10H2,1H3,(H,17,23). The first-order chi connectivity index (χ1) is 12.7. The third kappa shape index (κ3) is 4.15. The van der Waals surface area contributed by atoms with Gasteiger partial charge < -0.3 is 14.6 Å². The average molecular weight is 358 g/mol. The lowest BCUT2D eigenvalue weighted by atomic mass is 10.2. The summed E-state index contributed by atoms with van der Waals surface area (Å²) < 4.78 is 12.3. The maximum atomic E-state index is 12.2. The van der Waals surface area contributed by atoms with E-state index in [1.165, 1.54) is 16.5 Å². The Morgan fingerprint density at radius 3 is 2.81 bits per heavy atom. The maximum absolute atomic E-state index is 12.2. The number of aryl methyl sites for hydroxylation is 1. The van der Waals surface area contributed by atoms with E-state index in [1.54, 1.807) is 18.2 Å². The van der Waals surface area contributed by atoms with Crippen LogP contribution in [0.15, 0.2) is 45.7 Å². The van der Waals surface area contributed by atoms with Crippen molar-refractivity contribution in [1.29, 1.82) is 0 Å². The molecule has 10 heteroatoms. The fourth-order valence-corrected chi connectivity index (χ4v) is 2.28. The number of nitrogens with zero attached hydrogens (tertiary/aromatic N) is 5. The van der Waals surface area contributed by atoms with E-state index < -0.39 is 0 Å². The van der Waals surface area contributed by atoms with Crippen LogP contribution >= 0.6 is 0 Å². The van der Waals surface area contributed by atoms with E-state index in [4.69, 9.17) is 9.26 Å². The maximum Gasteiger partial charge on any atom is 0.368 e. The van der Waals surface area contributed by atoms with Crippen molar-refractivity contribution in [2.75, 3.05) is 13.7 Å². The Kier molecular flexibility index (Phi) is 5.42. The molecule has 0 radical (unpaired) electrons. The zero-order chi connectivity index (χ0) is 18.4. The quantitative estimate of drug-likeness (QED) is 0.610. The van der Waals surface area contributed by atoms with Crippen molar-refractivity contribution in [3.8, 4) is 11.6 Å². The molecule has 0 aliphatic rings. The molecule has 1 amide bonds. The summed E-state index contributed by atoms with van der Waals surface area (Å²) in [5.74, 6) is 0.782. The van der Waals surface area contributed by atoms with Gasteiger partial charge in [0.2, 0.25) is 5.91 Å². The van der Waals surface area contributed by atoms with Crippen LogP contribution in [0.25, 0.3) is 5.69 Å². The summed E-state index contributed by atoms with van der Waals surface area (Å²) in [4.78, 5) is 24.1. The molecular weight excluding hydrogens is 340 g/mol. The van der Waals surface area contributed by atoms with Crippen molar-refractivity contribution >= 4 is 5.91 Å². The van der Waals surface area contributed by atoms with Gasteiger partial charge in [0.05, 0.1) is 19.3 Å². The van der Waals surface area contributed by atoms with Gasteiger partial charge in [-0.05, 0) is 27.7 Å². The first-order valence-corrected chi connectivity index (χ1v) is 8.02. The van der Waals surface area contributed by atoms with Gasteiger partial charge in [0.25, 0.3) is 5.88 Å². The second kappa shape index (κ2) is 8.10. The number of nitrogens with one attached hydrogen (secondary N) is 1. The van der Waals surface area contributed by atoms with Crippen LogP contribution in [-0.4, -0.2) is 44.5 Å². The minimum atomic E-state index is -0.362. The topological polar surface area (TPSA) is 117 Å². The summed E-state index contributed by atoms with van der Waals surface area (Å²) in [7, 11) is 1.49. The molecule has 3 aromatic rings. The van der Waals surface area contributed by atoms with Crippen molar-refractivity contribution in [3.63, 3.8) is 0 Å². The molecule has 0 fully saturated rings. The van der Waals surface area contributed by atoms with Gasteiger partial charge in [-0.1, -0.05) is 18.2 Å².